The van der Waals surface area contributed by atoms with Crippen LogP contribution in [0.4, 0.5) is 0 Å². The highest BCUT2D eigenvalue weighted by molar-refractivity contribution is 7.89. The molecule has 2 aromatic rings. The lowest BCUT2D eigenvalue weighted by Gasteiger charge is -2.32. The number of likely N-dealkylation sites (tertiary alicyclic amines) is 1. The number of nitrogens with zero attached hydrogens (tertiary/aromatic N) is 2. The van der Waals surface area contributed by atoms with Crippen molar-refractivity contribution in [3.8, 4) is 11.5 Å². The van der Waals surface area contributed by atoms with Crippen LogP contribution >= 0.6 is 0 Å². The highest BCUT2D eigenvalue weighted by Crippen LogP contribution is 2.24. The molecule has 1 heterocycles. The molecule has 0 radical (unpaired) electrons. The van der Waals surface area contributed by atoms with E-state index in [1.807, 2.05) is 53.4 Å². The second-order valence-corrected chi connectivity index (χ2v) is 10.2. The second kappa shape index (κ2) is 10.5. The SMILES string of the molecule is COc1ccc(CN(Cc2ccc(OC)cc2)S(=O)(=O)[C@H](C)[C@@H](O)N2CCCC2)cc1. The van der Waals surface area contributed by atoms with E-state index in [2.05, 4.69) is 0 Å². The largest absolute Gasteiger partial charge is 0.497 e. The molecule has 2 atom stereocenters. The van der Waals surface area contributed by atoms with Crippen molar-refractivity contribution in [2.75, 3.05) is 27.3 Å². The molecule has 0 amide bonds. The topological polar surface area (TPSA) is 79.3 Å². The molecule has 1 saturated heterocycles. The molecule has 3 rings (SSSR count). The van der Waals surface area contributed by atoms with E-state index < -0.39 is 21.5 Å². The van der Waals surface area contributed by atoms with Gasteiger partial charge in [-0.3, -0.25) is 4.90 Å². The van der Waals surface area contributed by atoms with Crippen LogP contribution in [0.5, 0.6) is 11.5 Å². The molecule has 0 unspecified atom stereocenters. The zero-order chi connectivity index (χ0) is 22.4. The summed E-state index contributed by atoms with van der Waals surface area (Å²) in [7, 11) is -0.598. The normalized spacial score (nSPS) is 16.9. The Hall–Kier alpha value is -2.13. The fourth-order valence-electron chi connectivity index (χ4n) is 3.80. The van der Waals surface area contributed by atoms with Crippen molar-refractivity contribution in [2.24, 2.45) is 0 Å². The Morgan fingerprint density at radius 1 is 0.903 bits per heavy atom. The average molecular weight is 449 g/mol. The van der Waals surface area contributed by atoms with Crippen molar-refractivity contribution in [1.29, 1.82) is 0 Å². The van der Waals surface area contributed by atoms with Gasteiger partial charge in [-0.05, 0) is 55.2 Å². The van der Waals surface area contributed by atoms with Crippen LogP contribution in [0.3, 0.4) is 0 Å². The van der Waals surface area contributed by atoms with E-state index in [-0.39, 0.29) is 13.1 Å². The third kappa shape index (κ3) is 5.77. The number of methoxy groups -OCH3 is 2. The molecular weight excluding hydrogens is 416 g/mol. The van der Waals surface area contributed by atoms with Crippen molar-refractivity contribution >= 4 is 10.0 Å². The van der Waals surface area contributed by atoms with Crippen LogP contribution in [0.2, 0.25) is 0 Å². The lowest BCUT2D eigenvalue weighted by molar-refractivity contribution is 0.0194. The molecule has 1 fully saturated rings. The fraction of sp³-hybridized carbons (Fsp3) is 0.478. The Kier molecular flexibility index (Phi) is 7.94. The van der Waals surface area contributed by atoms with E-state index in [0.717, 1.165) is 37.1 Å². The Labute approximate surface area is 185 Å². The van der Waals surface area contributed by atoms with Gasteiger partial charge in [0.15, 0.2) is 0 Å². The third-order valence-corrected chi connectivity index (χ3v) is 7.96. The minimum absolute atomic E-state index is 0.204. The summed E-state index contributed by atoms with van der Waals surface area (Å²) >= 11 is 0. The van der Waals surface area contributed by atoms with Gasteiger partial charge < -0.3 is 14.6 Å². The maximum absolute atomic E-state index is 13.6. The van der Waals surface area contributed by atoms with E-state index in [0.29, 0.717) is 11.5 Å². The first-order chi connectivity index (χ1) is 14.8. The highest BCUT2D eigenvalue weighted by atomic mass is 32.2. The molecule has 7 nitrogen and oxygen atoms in total. The highest BCUT2D eigenvalue weighted by Gasteiger charge is 2.37. The summed E-state index contributed by atoms with van der Waals surface area (Å²) in [6.07, 6.45) is 0.929. The zero-order valence-corrected chi connectivity index (χ0v) is 19.2. The number of sulfonamides is 1. The Bertz CT molecular complexity index is 876. The number of benzene rings is 2. The maximum atomic E-state index is 13.6. The van der Waals surface area contributed by atoms with Crippen molar-refractivity contribution in [2.45, 2.75) is 44.3 Å². The first kappa shape index (κ1) is 23.5. The Morgan fingerprint density at radius 3 is 1.71 bits per heavy atom. The van der Waals surface area contributed by atoms with E-state index in [1.54, 1.807) is 21.1 Å². The van der Waals surface area contributed by atoms with Gasteiger partial charge in [0.2, 0.25) is 10.0 Å². The van der Waals surface area contributed by atoms with Gasteiger partial charge in [0.05, 0.1) is 14.2 Å². The summed E-state index contributed by atoms with van der Waals surface area (Å²) in [5.74, 6) is 1.43. The van der Waals surface area contributed by atoms with Gasteiger partial charge in [-0.25, -0.2) is 8.42 Å². The van der Waals surface area contributed by atoms with Gasteiger partial charge in [0.25, 0.3) is 0 Å². The van der Waals surface area contributed by atoms with Crippen molar-refractivity contribution in [3.05, 3.63) is 59.7 Å². The third-order valence-electron chi connectivity index (χ3n) is 5.80. The minimum Gasteiger partial charge on any atom is -0.497 e. The molecular formula is C23H32N2O5S. The number of hydrogen-bond acceptors (Lipinski definition) is 6. The summed E-state index contributed by atoms with van der Waals surface area (Å²) in [4.78, 5) is 1.85. The predicted octanol–water partition coefficient (Wildman–Crippen LogP) is 2.84. The van der Waals surface area contributed by atoms with Crippen LogP contribution in [0.15, 0.2) is 48.5 Å². The monoisotopic (exact) mass is 448 g/mol. The predicted molar refractivity (Wildman–Crippen MR) is 120 cm³/mol. The van der Waals surface area contributed by atoms with Gasteiger partial charge in [-0.2, -0.15) is 4.31 Å². The summed E-state index contributed by atoms with van der Waals surface area (Å²) in [5, 5.41) is 9.82. The van der Waals surface area contributed by atoms with Gasteiger partial charge in [0, 0.05) is 26.2 Å². The van der Waals surface area contributed by atoms with Crippen molar-refractivity contribution < 1.29 is 23.0 Å². The Morgan fingerprint density at radius 2 is 1.32 bits per heavy atom. The van der Waals surface area contributed by atoms with E-state index >= 15 is 0 Å². The zero-order valence-electron chi connectivity index (χ0n) is 18.4. The van der Waals surface area contributed by atoms with Crippen LogP contribution in [-0.2, 0) is 23.1 Å². The standard InChI is InChI=1S/C23H32N2O5S/c1-18(23(26)24-14-4-5-15-24)31(27,28)25(16-19-6-10-21(29-2)11-7-19)17-20-8-12-22(30-3)13-9-20/h6-13,18,23,26H,4-5,14-17H2,1-3H3/t18-,23-/m1/s1. The first-order valence-corrected chi connectivity index (χ1v) is 12.0. The van der Waals surface area contributed by atoms with Crippen LogP contribution in [0.25, 0.3) is 0 Å². The van der Waals surface area contributed by atoms with Crippen molar-refractivity contribution in [3.63, 3.8) is 0 Å². The summed E-state index contributed by atoms with van der Waals surface area (Å²) in [5.41, 5.74) is 1.70. The molecule has 0 bridgehead atoms. The molecule has 8 heteroatoms. The first-order valence-electron chi connectivity index (χ1n) is 10.5. The fourth-order valence-corrected chi connectivity index (χ4v) is 5.41. The van der Waals surface area contributed by atoms with Crippen LogP contribution in [0, 0.1) is 0 Å². The molecule has 0 saturated carbocycles. The van der Waals surface area contributed by atoms with Crippen LogP contribution in [-0.4, -0.2) is 61.5 Å². The molecule has 1 aliphatic heterocycles. The Balaban J connectivity index is 1.86. The second-order valence-electron chi connectivity index (χ2n) is 7.87. The van der Waals surface area contributed by atoms with Gasteiger partial charge in [-0.15, -0.1) is 0 Å². The van der Waals surface area contributed by atoms with Gasteiger partial charge >= 0.3 is 0 Å². The maximum Gasteiger partial charge on any atom is 0.221 e. The molecule has 170 valence electrons. The number of hydrogen-bond donors (Lipinski definition) is 1. The van der Waals surface area contributed by atoms with Crippen LogP contribution < -0.4 is 9.47 Å². The molecule has 2 aromatic carbocycles. The lowest BCUT2D eigenvalue weighted by atomic mass is 10.2. The van der Waals surface area contributed by atoms with Crippen molar-refractivity contribution in [1.82, 2.24) is 9.21 Å². The van der Waals surface area contributed by atoms with E-state index in [1.165, 1.54) is 4.31 Å². The molecule has 0 aromatic heterocycles. The van der Waals surface area contributed by atoms with Crippen LogP contribution in [0.1, 0.15) is 30.9 Å². The van der Waals surface area contributed by atoms with Gasteiger partial charge in [0.1, 0.15) is 23.0 Å². The number of ether oxygens (including phenoxy) is 2. The molecule has 31 heavy (non-hydrogen) atoms. The molecule has 1 aliphatic rings. The molecule has 1 N–H and O–H groups in total. The molecule has 0 aliphatic carbocycles. The van der Waals surface area contributed by atoms with E-state index in [4.69, 9.17) is 9.47 Å². The summed E-state index contributed by atoms with van der Waals surface area (Å²) in [6, 6.07) is 14.7. The van der Waals surface area contributed by atoms with E-state index in [9.17, 15) is 13.5 Å². The number of aliphatic hydroxyl groups excluding tert-OH is 1. The quantitative estimate of drug-likeness (QED) is 0.602. The summed E-state index contributed by atoms with van der Waals surface area (Å²) in [6.45, 7) is 3.44. The lowest BCUT2D eigenvalue weighted by Crippen LogP contribution is -2.49. The van der Waals surface area contributed by atoms with Gasteiger partial charge in [-0.1, -0.05) is 24.3 Å². The smallest absolute Gasteiger partial charge is 0.221 e. The number of aliphatic hydroxyl groups is 1. The molecule has 0 spiro atoms. The minimum atomic E-state index is -3.79. The average Bonchev–Trinajstić information content (AvgIpc) is 3.33. The summed E-state index contributed by atoms with van der Waals surface area (Å²) < 4.78 is 39.0. The number of rotatable bonds is 10.